The zero-order valence-electron chi connectivity index (χ0n) is 16.4. The minimum atomic E-state index is -0.432. The van der Waals surface area contributed by atoms with Crippen molar-refractivity contribution in [3.8, 4) is 11.4 Å². The fourth-order valence-corrected chi connectivity index (χ4v) is 4.24. The zero-order chi connectivity index (χ0) is 20.1. The molecule has 0 amide bonds. The van der Waals surface area contributed by atoms with E-state index < -0.39 is 5.82 Å². The van der Waals surface area contributed by atoms with Crippen molar-refractivity contribution in [2.24, 2.45) is 7.05 Å². The molecule has 5 rings (SSSR count). The molecule has 2 aromatic heterocycles. The van der Waals surface area contributed by atoms with Crippen LogP contribution in [0.4, 0.5) is 4.39 Å². The Bertz CT molecular complexity index is 1280. The predicted octanol–water partition coefficient (Wildman–Crippen LogP) is 3.43. The average molecular weight is 391 g/mol. The molecule has 2 aromatic carbocycles. The van der Waals surface area contributed by atoms with Crippen LogP contribution in [0.15, 0.2) is 41.3 Å². The number of piperidine rings is 1. The van der Waals surface area contributed by atoms with Gasteiger partial charge in [-0.1, -0.05) is 6.07 Å². The summed E-state index contributed by atoms with van der Waals surface area (Å²) in [6, 6.07) is 9.10. The molecule has 0 aliphatic carbocycles. The fraction of sp³-hybridized carbons (Fsp3) is 0.318. The molecular formula is C22H22FN5O. The summed E-state index contributed by atoms with van der Waals surface area (Å²) in [5, 5.41) is 5.37. The van der Waals surface area contributed by atoms with E-state index in [4.69, 9.17) is 0 Å². The number of H-pyrrole nitrogens is 1. The molecule has 1 saturated heterocycles. The van der Waals surface area contributed by atoms with E-state index >= 15 is 0 Å². The molecule has 7 heteroatoms. The number of nitrogens with zero attached hydrogens (tertiary/aromatic N) is 4. The van der Waals surface area contributed by atoms with Gasteiger partial charge in [0.05, 0.1) is 10.9 Å². The van der Waals surface area contributed by atoms with Crippen molar-refractivity contribution in [1.29, 1.82) is 0 Å². The number of nitrogens with one attached hydrogen (secondary N) is 1. The number of likely N-dealkylation sites (tertiary alicyclic amines) is 1. The maximum Gasteiger partial charge on any atom is 0.259 e. The molecule has 29 heavy (non-hydrogen) atoms. The van der Waals surface area contributed by atoms with E-state index in [9.17, 15) is 9.18 Å². The van der Waals surface area contributed by atoms with Crippen LogP contribution in [0.5, 0.6) is 0 Å². The number of hydrogen-bond acceptors (Lipinski definition) is 4. The largest absolute Gasteiger partial charge is 0.306 e. The summed E-state index contributed by atoms with van der Waals surface area (Å²) in [5.74, 6) is 0.398. The number of aromatic amines is 1. The van der Waals surface area contributed by atoms with Crippen LogP contribution in [0.3, 0.4) is 0 Å². The molecule has 0 atom stereocenters. The topological polar surface area (TPSA) is 66.8 Å². The van der Waals surface area contributed by atoms with Gasteiger partial charge >= 0.3 is 0 Å². The lowest BCUT2D eigenvalue weighted by atomic mass is 9.89. The van der Waals surface area contributed by atoms with Crippen LogP contribution in [0.2, 0.25) is 0 Å². The standard InChI is InChI=1S/C22H22FN5O/c1-27-7-5-13(6-8-27)14-3-4-19-17(10-14)22(29)25-21(24-19)15-9-16-12-28(2)26-20(16)18(23)11-15/h3-4,9-13H,5-8H2,1-2H3,(H,24,25,29). The molecule has 3 heterocycles. The van der Waals surface area contributed by atoms with Crippen LogP contribution < -0.4 is 5.56 Å². The van der Waals surface area contributed by atoms with E-state index in [1.165, 1.54) is 11.6 Å². The lowest BCUT2D eigenvalue weighted by molar-refractivity contribution is 0.255. The maximum atomic E-state index is 14.4. The number of benzene rings is 2. The molecule has 6 nitrogen and oxygen atoms in total. The van der Waals surface area contributed by atoms with Gasteiger partial charge in [0.15, 0.2) is 5.82 Å². The Morgan fingerprint density at radius 1 is 1.14 bits per heavy atom. The van der Waals surface area contributed by atoms with Crippen molar-refractivity contribution in [2.45, 2.75) is 18.8 Å². The van der Waals surface area contributed by atoms with Crippen LogP contribution in [-0.4, -0.2) is 44.8 Å². The van der Waals surface area contributed by atoms with Crippen LogP contribution in [0.1, 0.15) is 24.3 Å². The van der Waals surface area contributed by atoms with E-state index in [0.29, 0.717) is 39.1 Å². The van der Waals surface area contributed by atoms with E-state index in [0.717, 1.165) is 25.9 Å². The molecule has 4 aromatic rings. The highest BCUT2D eigenvalue weighted by Crippen LogP contribution is 2.29. The summed E-state index contributed by atoms with van der Waals surface area (Å²) < 4.78 is 16.0. The number of rotatable bonds is 2. The van der Waals surface area contributed by atoms with Gasteiger partial charge in [-0.15, -0.1) is 0 Å². The Balaban J connectivity index is 1.57. The number of halogens is 1. The van der Waals surface area contributed by atoms with Crippen LogP contribution in [-0.2, 0) is 7.05 Å². The maximum absolute atomic E-state index is 14.4. The van der Waals surface area contributed by atoms with Crippen LogP contribution in [0, 0.1) is 5.82 Å². The Morgan fingerprint density at radius 2 is 1.93 bits per heavy atom. The van der Waals surface area contributed by atoms with Gasteiger partial charge in [-0.2, -0.15) is 5.10 Å². The van der Waals surface area contributed by atoms with Crippen molar-refractivity contribution in [3.05, 3.63) is 58.3 Å². The van der Waals surface area contributed by atoms with Crippen molar-refractivity contribution in [3.63, 3.8) is 0 Å². The fourth-order valence-electron chi connectivity index (χ4n) is 4.24. The van der Waals surface area contributed by atoms with Gasteiger partial charge in [-0.3, -0.25) is 9.48 Å². The van der Waals surface area contributed by atoms with Gasteiger partial charge < -0.3 is 9.88 Å². The van der Waals surface area contributed by atoms with E-state index in [1.807, 2.05) is 12.1 Å². The summed E-state index contributed by atoms with van der Waals surface area (Å²) in [6.07, 6.45) is 3.93. The molecule has 148 valence electrons. The number of aromatic nitrogens is 4. The van der Waals surface area contributed by atoms with Crippen molar-refractivity contribution in [1.82, 2.24) is 24.6 Å². The van der Waals surface area contributed by atoms with E-state index in [-0.39, 0.29) is 5.56 Å². The van der Waals surface area contributed by atoms with Crippen molar-refractivity contribution in [2.75, 3.05) is 20.1 Å². The van der Waals surface area contributed by atoms with Crippen LogP contribution in [0.25, 0.3) is 33.2 Å². The second-order valence-electron chi connectivity index (χ2n) is 7.97. The molecule has 1 aliphatic rings. The Kier molecular flexibility index (Phi) is 4.20. The lowest BCUT2D eigenvalue weighted by Gasteiger charge is -2.29. The van der Waals surface area contributed by atoms with Gasteiger partial charge in [0.2, 0.25) is 0 Å². The normalized spacial score (nSPS) is 16.1. The number of hydrogen-bond donors (Lipinski definition) is 1. The third kappa shape index (κ3) is 3.21. The van der Waals surface area contributed by atoms with Gasteiger partial charge in [0.25, 0.3) is 5.56 Å². The molecule has 0 unspecified atom stereocenters. The molecule has 0 spiro atoms. The molecule has 1 aliphatic heterocycles. The Morgan fingerprint density at radius 3 is 2.72 bits per heavy atom. The summed E-state index contributed by atoms with van der Waals surface area (Å²) in [7, 11) is 3.88. The average Bonchev–Trinajstić information content (AvgIpc) is 3.09. The first-order valence-corrected chi connectivity index (χ1v) is 9.84. The highest BCUT2D eigenvalue weighted by atomic mass is 19.1. The first-order chi connectivity index (χ1) is 14.0. The third-order valence-corrected chi connectivity index (χ3v) is 5.87. The quantitative estimate of drug-likeness (QED) is 0.569. The molecule has 0 bridgehead atoms. The SMILES string of the molecule is CN1CCC(c2ccc3nc(-c4cc(F)c5nn(C)cc5c4)[nH]c(=O)c3c2)CC1. The van der Waals surface area contributed by atoms with Gasteiger partial charge in [-0.05, 0) is 68.7 Å². The van der Waals surface area contributed by atoms with Crippen molar-refractivity contribution >= 4 is 21.8 Å². The van der Waals surface area contributed by atoms with Gasteiger partial charge in [0, 0.05) is 24.2 Å². The van der Waals surface area contributed by atoms with Crippen LogP contribution >= 0.6 is 0 Å². The van der Waals surface area contributed by atoms with E-state index in [2.05, 4.69) is 33.1 Å². The summed E-state index contributed by atoms with van der Waals surface area (Å²) in [4.78, 5) is 22.6. The first kappa shape index (κ1) is 18.0. The lowest BCUT2D eigenvalue weighted by Crippen LogP contribution is -2.29. The number of fused-ring (bicyclic) bond motifs is 2. The Hall–Kier alpha value is -3.06. The predicted molar refractivity (Wildman–Crippen MR) is 112 cm³/mol. The summed E-state index contributed by atoms with van der Waals surface area (Å²) in [6.45, 7) is 2.14. The molecule has 1 N–H and O–H groups in total. The van der Waals surface area contributed by atoms with Gasteiger partial charge in [0.1, 0.15) is 11.3 Å². The minimum Gasteiger partial charge on any atom is -0.306 e. The van der Waals surface area contributed by atoms with E-state index in [1.54, 1.807) is 24.0 Å². The summed E-state index contributed by atoms with van der Waals surface area (Å²) in [5.41, 5.74) is 2.44. The first-order valence-electron chi connectivity index (χ1n) is 9.84. The van der Waals surface area contributed by atoms with Crippen molar-refractivity contribution < 1.29 is 4.39 Å². The number of aryl methyl sites for hydroxylation is 1. The second-order valence-corrected chi connectivity index (χ2v) is 7.97. The summed E-state index contributed by atoms with van der Waals surface area (Å²) >= 11 is 0. The third-order valence-electron chi connectivity index (χ3n) is 5.87. The minimum absolute atomic E-state index is 0.202. The Labute approximate surface area is 167 Å². The second kappa shape index (κ2) is 6.77. The molecular weight excluding hydrogens is 369 g/mol. The molecule has 0 radical (unpaired) electrons. The highest BCUT2D eigenvalue weighted by Gasteiger charge is 2.19. The van der Waals surface area contributed by atoms with Gasteiger partial charge in [-0.25, -0.2) is 9.37 Å². The highest BCUT2D eigenvalue weighted by molar-refractivity contribution is 5.85. The molecule has 1 fully saturated rings. The monoisotopic (exact) mass is 391 g/mol. The zero-order valence-corrected chi connectivity index (χ0v) is 16.4. The molecule has 0 saturated carbocycles. The smallest absolute Gasteiger partial charge is 0.259 e.